The number of rotatable bonds is 4. The first-order chi connectivity index (χ1) is 9.04. The van der Waals surface area contributed by atoms with Gasteiger partial charge in [-0.05, 0) is 31.1 Å². The molecule has 1 atom stereocenters. The van der Waals surface area contributed by atoms with Crippen LogP contribution < -0.4 is 0 Å². The summed E-state index contributed by atoms with van der Waals surface area (Å²) in [5, 5.41) is 8.75. The summed E-state index contributed by atoms with van der Waals surface area (Å²) in [4.78, 5) is 14.6. The average molecular weight is 269 g/mol. The molecule has 2 rings (SSSR count). The third-order valence-corrected chi connectivity index (χ3v) is 4.75. The van der Waals surface area contributed by atoms with E-state index < -0.39 is 0 Å². The van der Waals surface area contributed by atoms with Crippen molar-refractivity contribution in [2.45, 2.75) is 52.1 Å². The summed E-state index contributed by atoms with van der Waals surface area (Å²) in [6, 6.07) is 0. The SMILES string of the molecule is CC1(C)CCCC1C(=O)N1CCC(OCCO)CC1. The number of ether oxygens (including phenoxy) is 1. The Morgan fingerprint density at radius 2 is 2.00 bits per heavy atom. The molecule has 1 saturated heterocycles. The Hall–Kier alpha value is -0.610. The predicted octanol–water partition coefficient (Wildman–Crippen LogP) is 1.81. The van der Waals surface area contributed by atoms with Crippen molar-refractivity contribution in [1.29, 1.82) is 0 Å². The Labute approximate surface area is 116 Å². The summed E-state index contributed by atoms with van der Waals surface area (Å²) in [5.74, 6) is 0.561. The Morgan fingerprint density at radius 3 is 2.53 bits per heavy atom. The van der Waals surface area contributed by atoms with Crippen LogP contribution in [0.3, 0.4) is 0 Å². The van der Waals surface area contributed by atoms with Crippen molar-refractivity contribution in [3.8, 4) is 0 Å². The molecule has 0 aromatic rings. The van der Waals surface area contributed by atoms with Crippen LogP contribution >= 0.6 is 0 Å². The lowest BCUT2D eigenvalue weighted by Crippen LogP contribution is -2.45. The fourth-order valence-electron chi connectivity index (χ4n) is 3.47. The van der Waals surface area contributed by atoms with Crippen LogP contribution in [0.4, 0.5) is 0 Å². The van der Waals surface area contributed by atoms with Crippen LogP contribution in [0, 0.1) is 11.3 Å². The summed E-state index contributed by atoms with van der Waals surface area (Å²) >= 11 is 0. The lowest BCUT2D eigenvalue weighted by atomic mass is 9.81. The Balaban J connectivity index is 1.82. The Kier molecular flexibility index (Phi) is 4.85. The highest BCUT2D eigenvalue weighted by molar-refractivity contribution is 5.80. The van der Waals surface area contributed by atoms with Crippen molar-refractivity contribution in [3.63, 3.8) is 0 Å². The highest BCUT2D eigenvalue weighted by atomic mass is 16.5. The second-order valence-electron chi connectivity index (χ2n) is 6.55. The number of aliphatic hydroxyl groups excluding tert-OH is 1. The molecule has 0 spiro atoms. The molecule has 0 bridgehead atoms. The maximum atomic E-state index is 12.6. The van der Waals surface area contributed by atoms with Crippen LogP contribution in [0.15, 0.2) is 0 Å². The van der Waals surface area contributed by atoms with Gasteiger partial charge in [0.05, 0.1) is 19.3 Å². The van der Waals surface area contributed by atoms with Crippen molar-refractivity contribution in [2.24, 2.45) is 11.3 Å². The quantitative estimate of drug-likeness (QED) is 0.847. The van der Waals surface area contributed by atoms with E-state index >= 15 is 0 Å². The van der Waals surface area contributed by atoms with Crippen LogP contribution in [0.5, 0.6) is 0 Å². The fraction of sp³-hybridized carbons (Fsp3) is 0.933. The Morgan fingerprint density at radius 1 is 1.32 bits per heavy atom. The number of amides is 1. The molecule has 2 aliphatic rings. The zero-order chi connectivity index (χ0) is 13.9. The lowest BCUT2D eigenvalue weighted by molar-refractivity contribution is -0.141. The third-order valence-electron chi connectivity index (χ3n) is 4.75. The molecule has 19 heavy (non-hydrogen) atoms. The minimum absolute atomic E-state index is 0.0788. The summed E-state index contributed by atoms with van der Waals surface area (Å²) < 4.78 is 5.54. The topological polar surface area (TPSA) is 49.8 Å². The number of hydrogen-bond acceptors (Lipinski definition) is 3. The van der Waals surface area contributed by atoms with Gasteiger partial charge >= 0.3 is 0 Å². The van der Waals surface area contributed by atoms with Gasteiger partial charge in [0.1, 0.15) is 0 Å². The van der Waals surface area contributed by atoms with Gasteiger partial charge in [-0.1, -0.05) is 20.3 Å². The highest BCUT2D eigenvalue weighted by Gasteiger charge is 2.41. The van der Waals surface area contributed by atoms with Crippen LogP contribution in [0.1, 0.15) is 46.0 Å². The average Bonchev–Trinajstić information content (AvgIpc) is 2.76. The first-order valence-corrected chi connectivity index (χ1v) is 7.56. The van der Waals surface area contributed by atoms with Gasteiger partial charge in [-0.25, -0.2) is 0 Å². The van der Waals surface area contributed by atoms with Gasteiger partial charge in [-0.2, -0.15) is 0 Å². The molecule has 1 N–H and O–H groups in total. The molecule has 1 aliphatic carbocycles. The van der Waals surface area contributed by atoms with Gasteiger partial charge in [0.25, 0.3) is 0 Å². The molecule has 0 aromatic heterocycles. The van der Waals surface area contributed by atoms with Crippen LogP contribution in [-0.2, 0) is 9.53 Å². The minimum atomic E-state index is 0.0788. The normalized spacial score (nSPS) is 27.7. The number of carbonyl (C=O) groups excluding carboxylic acids is 1. The van der Waals surface area contributed by atoms with Crippen molar-refractivity contribution < 1.29 is 14.6 Å². The van der Waals surface area contributed by atoms with E-state index in [0.29, 0.717) is 12.5 Å². The minimum Gasteiger partial charge on any atom is -0.394 e. The first-order valence-electron chi connectivity index (χ1n) is 7.56. The van der Waals surface area contributed by atoms with Gasteiger partial charge in [0, 0.05) is 19.0 Å². The smallest absolute Gasteiger partial charge is 0.226 e. The maximum Gasteiger partial charge on any atom is 0.226 e. The zero-order valence-electron chi connectivity index (χ0n) is 12.2. The number of aliphatic hydroxyl groups is 1. The van der Waals surface area contributed by atoms with E-state index in [9.17, 15) is 4.79 Å². The first kappa shape index (κ1) is 14.8. The van der Waals surface area contributed by atoms with Gasteiger partial charge in [0.2, 0.25) is 5.91 Å². The number of likely N-dealkylation sites (tertiary alicyclic amines) is 1. The van der Waals surface area contributed by atoms with E-state index in [1.54, 1.807) is 0 Å². The molecule has 4 nitrogen and oxygen atoms in total. The van der Waals surface area contributed by atoms with Gasteiger partial charge in [0.15, 0.2) is 0 Å². The highest BCUT2D eigenvalue weighted by Crippen LogP contribution is 2.43. The molecular formula is C15H27NO3. The van der Waals surface area contributed by atoms with E-state index in [2.05, 4.69) is 13.8 Å². The second-order valence-corrected chi connectivity index (χ2v) is 6.55. The number of hydrogen-bond donors (Lipinski definition) is 1. The molecule has 110 valence electrons. The molecule has 4 heteroatoms. The summed E-state index contributed by atoms with van der Waals surface area (Å²) in [6.07, 6.45) is 5.41. The van der Waals surface area contributed by atoms with Gasteiger partial charge in [-0.15, -0.1) is 0 Å². The molecule has 2 fully saturated rings. The lowest BCUT2D eigenvalue weighted by Gasteiger charge is -2.36. The van der Waals surface area contributed by atoms with E-state index in [4.69, 9.17) is 9.84 Å². The van der Waals surface area contributed by atoms with Gasteiger partial charge < -0.3 is 14.7 Å². The fourth-order valence-corrected chi connectivity index (χ4v) is 3.47. The second kappa shape index (κ2) is 6.23. The molecule has 0 radical (unpaired) electrons. The molecule has 1 saturated carbocycles. The standard InChI is InChI=1S/C15H27NO3/c1-15(2)7-3-4-13(15)14(18)16-8-5-12(6-9-16)19-11-10-17/h12-13,17H,3-11H2,1-2H3. The molecule has 1 aliphatic heterocycles. The van der Waals surface area contributed by atoms with E-state index in [0.717, 1.165) is 32.4 Å². The molecular weight excluding hydrogens is 242 g/mol. The van der Waals surface area contributed by atoms with E-state index in [-0.39, 0.29) is 24.0 Å². The van der Waals surface area contributed by atoms with Crippen LogP contribution in [-0.4, -0.2) is 48.3 Å². The summed E-state index contributed by atoms with van der Waals surface area (Å²) in [5.41, 5.74) is 0.168. The van der Waals surface area contributed by atoms with Crippen molar-refractivity contribution in [3.05, 3.63) is 0 Å². The van der Waals surface area contributed by atoms with Gasteiger partial charge in [-0.3, -0.25) is 4.79 Å². The number of nitrogens with zero attached hydrogens (tertiary/aromatic N) is 1. The van der Waals surface area contributed by atoms with E-state index in [1.807, 2.05) is 4.90 Å². The third kappa shape index (κ3) is 3.48. The van der Waals surface area contributed by atoms with Crippen LogP contribution in [0.2, 0.25) is 0 Å². The van der Waals surface area contributed by atoms with E-state index in [1.165, 1.54) is 12.8 Å². The monoisotopic (exact) mass is 269 g/mol. The molecule has 0 aromatic carbocycles. The number of carbonyl (C=O) groups is 1. The predicted molar refractivity (Wildman–Crippen MR) is 73.8 cm³/mol. The van der Waals surface area contributed by atoms with Crippen LogP contribution in [0.25, 0.3) is 0 Å². The largest absolute Gasteiger partial charge is 0.394 e. The van der Waals surface area contributed by atoms with Crippen molar-refractivity contribution >= 4 is 5.91 Å². The van der Waals surface area contributed by atoms with Crippen molar-refractivity contribution in [2.75, 3.05) is 26.3 Å². The summed E-state index contributed by atoms with van der Waals surface area (Å²) in [7, 11) is 0. The summed E-state index contributed by atoms with van der Waals surface area (Å²) in [6.45, 7) is 6.55. The molecule has 1 unspecified atom stereocenters. The maximum absolute atomic E-state index is 12.6. The number of piperidine rings is 1. The Bertz CT molecular complexity index is 309. The van der Waals surface area contributed by atoms with Crippen molar-refractivity contribution in [1.82, 2.24) is 4.90 Å². The molecule has 1 amide bonds. The zero-order valence-corrected chi connectivity index (χ0v) is 12.2. The molecule has 1 heterocycles.